The Bertz CT molecular complexity index is 954. The highest BCUT2D eigenvalue weighted by atomic mass is 19.1. The number of hydrogen-bond acceptors (Lipinski definition) is 3. The molecule has 0 saturated carbocycles. The lowest BCUT2D eigenvalue weighted by Crippen LogP contribution is -2.35. The number of rotatable bonds is 5. The van der Waals surface area contributed by atoms with Crippen molar-refractivity contribution in [2.75, 3.05) is 23.3 Å². The molecule has 1 aromatic heterocycles. The van der Waals surface area contributed by atoms with E-state index in [1.54, 1.807) is 18.3 Å². The maximum atomic E-state index is 12.9. The van der Waals surface area contributed by atoms with Crippen LogP contribution in [0.3, 0.4) is 0 Å². The molecule has 2 heterocycles. The predicted octanol–water partition coefficient (Wildman–Crippen LogP) is 4.47. The van der Waals surface area contributed by atoms with Gasteiger partial charge < -0.3 is 10.2 Å². The number of anilines is 2. The Morgan fingerprint density at radius 1 is 1.07 bits per heavy atom. The zero-order chi connectivity index (χ0) is 19.3. The lowest BCUT2D eigenvalue weighted by molar-refractivity contribution is 0.0985. The molecule has 1 amide bonds. The number of para-hydroxylation sites is 1. The fourth-order valence-corrected chi connectivity index (χ4v) is 3.51. The van der Waals surface area contributed by atoms with Crippen LogP contribution in [0.1, 0.15) is 27.9 Å². The molecule has 3 aromatic rings. The van der Waals surface area contributed by atoms with Crippen LogP contribution in [0.4, 0.5) is 15.9 Å². The largest absolute Gasteiger partial charge is 0.370 e. The van der Waals surface area contributed by atoms with Gasteiger partial charge in [0, 0.05) is 25.0 Å². The second kappa shape index (κ2) is 8.21. The highest BCUT2D eigenvalue weighted by Crippen LogP contribution is 2.28. The van der Waals surface area contributed by atoms with Gasteiger partial charge in [-0.05, 0) is 60.7 Å². The van der Waals surface area contributed by atoms with E-state index < -0.39 is 0 Å². The summed E-state index contributed by atoms with van der Waals surface area (Å²) in [5.41, 5.74) is 3.86. The molecule has 1 aliphatic rings. The Morgan fingerprint density at radius 3 is 2.68 bits per heavy atom. The maximum Gasteiger partial charge on any atom is 0.259 e. The zero-order valence-corrected chi connectivity index (χ0v) is 15.6. The van der Waals surface area contributed by atoms with Crippen molar-refractivity contribution in [2.45, 2.75) is 19.3 Å². The third kappa shape index (κ3) is 4.03. The van der Waals surface area contributed by atoms with Crippen LogP contribution >= 0.6 is 0 Å². The number of fused-ring (bicyclic) bond motifs is 1. The number of nitrogens with zero attached hydrogens (tertiary/aromatic N) is 2. The normalized spacial score (nSPS) is 13.1. The molecule has 0 saturated heterocycles. The summed E-state index contributed by atoms with van der Waals surface area (Å²) < 4.78 is 12.9. The number of aryl methyl sites for hydroxylation is 1. The average molecular weight is 375 g/mol. The number of nitrogens with one attached hydrogen (secondary N) is 1. The van der Waals surface area contributed by atoms with Gasteiger partial charge in [0.15, 0.2) is 0 Å². The number of halogens is 1. The molecule has 0 spiro atoms. The standard InChI is InChI=1S/C23H22FN3O/c24-20-10-7-17(8-11-20)13-14-25-22-12-9-19(16-26-22)23(28)27-15-3-5-18-4-1-2-6-21(18)27/h1-2,4,6-12,16H,3,5,13-15H2,(H,25,26). The average Bonchev–Trinajstić information content (AvgIpc) is 2.75. The summed E-state index contributed by atoms with van der Waals surface area (Å²) in [6.07, 6.45) is 4.38. The Hall–Kier alpha value is -3.21. The van der Waals surface area contributed by atoms with E-state index in [0.717, 1.165) is 42.9 Å². The van der Waals surface area contributed by atoms with Crippen LogP contribution in [0.5, 0.6) is 0 Å². The van der Waals surface area contributed by atoms with Gasteiger partial charge in [0.1, 0.15) is 11.6 Å². The Labute approximate surface area is 164 Å². The van der Waals surface area contributed by atoms with Gasteiger partial charge in [0.05, 0.1) is 5.56 Å². The minimum absolute atomic E-state index is 0.0162. The second-order valence-corrected chi connectivity index (χ2v) is 6.92. The summed E-state index contributed by atoms with van der Waals surface area (Å²) in [4.78, 5) is 19.2. The first kappa shape index (κ1) is 18.2. The second-order valence-electron chi connectivity index (χ2n) is 6.92. The van der Waals surface area contributed by atoms with Crippen molar-refractivity contribution < 1.29 is 9.18 Å². The highest BCUT2D eigenvalue weighted by molar-refractivity contribution is 6.06. The van der Waals surface area contributed by atoms with E-state index in [-0.39, 0.29) is 11.7 Å². The highest BCUT2D eigenvalue weighted by Gasteiger charge is 2.23. The number of benzene rings is 2. The molecule has 1 aliphatic heterocycles. The Kier molecular flexibility index (Phi) is 5.33. The predicted molar refractivity (Wildman–Crippen MR) is 109 cm³/mol. The summed E-state index contributed by atoms with van der Waals surface area (Å²) in [5, 5.41) is 3.24. The third-order valence-corrected chi connectivity index (χ3v) is 5.00. The molecule has 0 bridgehead atoms. The van der Waals surface area contributed by atoms with E-state index in [2.05, 4.69) is 16.4 Å². The fourth-order valence-electron chi connectivity index (χ4n) is 3.51. The molecule has 0 atom stereocenters. The summed E-state index contributed by atoms with van der Waals surface area (Å²) in [7, 11) is 0. The van der Waals surface area contributed by atoms with Gasteiger partial charge in [-0.2, -0.15) is 0 Å². The first-order valence-corrected chi connectivity index (χ1v) is 9.55. The van der Waals surface area contributed by atoms with Crippen molar-refractivity contribution in [2.24, 2.45) is 0 Å². The summed E-state index contributed by atoms with van der Waals surface area (Å²) >= 11 is 0. The molecule has 1 N–H and O–H groups in total. The molecule has 0 radical (unpaired) electrons. The Morgan fingerprint density at radius 2 is 1.89 bits per heavy atom. The molecular weight excluding hydrogens is 353 g/mol. The topological polar surface area (TPSA) is 45.2 Å². The quantitative estimate of drug-likeness (QED) is 0.716. The third-order valence-electron chi connectivity index (χ3n) is 5.00. The molecule has 2 aromatic carbocycles. The van der Waals surface area contributed by atoms with E-state index in [9.17, 15) is 9.18 Å². The number of carbonyl (C=O) groups excluding carboxylic acids is 1. The van der Waals surface area contributed by atoms with Gasteiger partial charge in [-0.25, -0.2) is 9.37 Å². The molecule has 28 heavy (non-hydrogen) atoms. The van der Waals surface area contributed by atoms with Crippen molar-refractivity contribution in [3.63, 3.8) is 0 Å². The van der Waals surface area contributed by atoms with Gasteiger partial charge in [0.2, 0.25) is 0 Å². The van der Waals surface area contributed by atoms with E-state index in [1.165, 1.54) is 17.7 Å². The number of hydrogen-bond donors (Lipinski definition) is 1. The van der Waals surface area contributed by atoms with Crippen LogP contribution in [0.2, 0.25) is 0 Å². The monoisotopic (exact) mass is 375 g/mol. The molecular formula is C23H22FN3O. The van der Waals surface area contributed by atoms with E-state index >= 15 is 0 Å². The first-order valence-electron chi connectivity index (χ1n) is 9.55. The van der Waals surface area contributed by atoms with Crippen LogP contribution in [0.15, 0.2) is 66.9 Å². The van der Waals surface area contributed by atoms with E-state index in [1.807, 2.05) is 35.2 Å². The molecule has 142 valence electrons. The van der Waals surface area contributed by atoms with Gasteiger partial charge in [-0.15, -0.1) is 0 Å². The molecule has 5 heteroatoms. The number of amides is 1. The summed E-state index contributed by atoms with van der Waals surface area (Å²) in [5.74, 6) is 0.477. The van der Waals surface area contributed by atoms with Gasteiger partial charge >= 0.3 is 0 Å². The fraction of sp³-hybridized carbons (Fsp3) is 0.217. The molecule has 4 rings (SSSR count). The van der Waals surface area contributed by atoms with E-state index in [0.29, 0.717) is 12.1 Å². The lowest BCUT2D eigenvalue weighted by atomic mass is 10.0. The minimum atomic E-state index is -0.227. The van der Waals surface area contributed by atoms with Crippen LogP contribution in [0, 0.1) is 5.82 Å². The van der Waals surface area contributed by atoms with Crippen LogP contribution in [-0.4, -0.2) is 24.0 Å². The number of carbonyl (C=O) groups is 1. The smallest absolute Gasteiger partial charge is 0.259 e. The molecule has 0 aliphatic carbocycles. The van der Waals surface area contributed by atoms with Crippen molar-refractivity contribution in [1.29, 1.82) is 0 Å². The van der Waals surface area contributed by atoms with Crippen molar-refractivity contribution in [3.05, 3.63) is 89.4 Å². The zero-order valence-electron chi connectivity index (χ0n) is 15.6. The summed E-state index contributed by atoms with van der Waals surface area (Å²) in [6, 6.07) is 18.2. The lowest BCUT2D eigenvalue weighted by Gasteiger charge is -2.29. The van der Waals surface area contributed by atoms with Crippen molar-refractivity contribution in [1.82, 2.24) is 4.98 Å². The SMILES string of the molecule is O=C(c1ccc(NCCc2ccc(F)cc2)nc1)N1CCCc2ccccc21. The van der Waals surface area contributed by atoms with Gasteiger partial charge in [0.25, 0.3) is 5.91 Å². The van der Waals surface area contributed by atoms with Gasteiger partial charge in [-0.3, -0.25) is 4.79 Å². The van der Waals surface area contributed by atoms with Crippen LogP contribution in [-0.2, 0) is 12.8 Å². The first-order chi connectivity index (χ1) is 13.7. The van der Waals surface area contributed by atoms with Crippen molar-refractivity contribution in [3.8, 4) is 0 Å². The van der Waals surface area contributed by atoms with Crippen LogP contribution < -0.4 is 10.2 Å². The Balaban J connectivity index is 1.38. The van der Waals surface area contributed by atoms with Crippen molar-refractivity contribution >= 4 is 17.4 Å². The van der Waals surface area contributed by atoms with Crippen LogP contribution in [0.25, 0.3) is 0 Å². The molecule has 0 unspecified atom stereocenters. The van der Waals surface area contributed by atoms with E-state index in [4.69, 9.17) is 0 Å². The van der Waals surface area contributed by atoms with Gasteiger partial charge in [-0.1, -0.05) is 30.3 Å². The number of pyridine rings is 1. The summed E-state index contributed by atoms with van der Waals surface area (Å²) in [6.45, 7) is 1.42. The minimum Gasteiger partial charge on any atom is -0.370 e. The molecule has 4 nitrogen and oxygen atoms in total. The number of aromatic nitrogens is 1. The maximum absolute atomic E-state index is 12.9. The molecule has 0 fully saturated rings.